The Morgan fingerprint density at radius 1 is 0.343 bits per heavy atom. The minimum absolute atomic E-state index is 0.586. The highest BCUT2D eigenvalue weighted by atomic mass is 16.3. The van der Waals surface area contributed by atoms with E-state index >= 15 is 0 Å². The summed E-state index contributed by atoms with van der Waals surface area (Å²) in [6, 6.07) is 93.8. The smallest absolute Gasteiger partial charge is 0.135 e. The molecule has 1 unspecified atom stereocenters. The number of hydrogen-bond acceptors (Lipinski definition) is 2. The number of hydrogen-bond donors (Lipinski definition) is 0. The molecule has 15 rings (SSSR count). The second kappa shape index (κ2) is 14.9. The number of benzene rings is 11. The summed E-state index contributed by atoms with van der Waals surface area (Å²) in [6.07, 6.45) is 0. The Morgan fingerprint density at radius 3 is 1.83 bits per heavy atom. The standard InChI is InChI=1S/C67H42N2O/c1-2-17-43(18-3-1)45-19-14-20-47(41-45)49-21-5-10-30-59(49)68(48-38-35-44(36-39-48)46-37-40-64-54(42-46)51-23-7-13-34-63(51)70-64)62-33-16-28-57-65(62)53-24-4-8-26-55(53)67(57)56-27-9-12-32-61(56)69-60-31-11-6-22-50(60)52-25-15-29-58(67)66(52)69/h1-42H. The van der Waals surface area contributed by atoms with Gasteiger partial charge in [-0.3, -0.25) is 0 Å². The minimum Gasteiger partial charge on any atom is -0.456 e. The monoisotopic (exact) mass is 890 g/mol. The van der Waals surface area contributed by atoms with E-state index in [1.165, 1.54) is 72.0 Å². The van der Waals surface area contributed by atoms with Gasteiger partial charge in [0.15, 0.2) is 0 Å². The van der Waals surface area contributed by atoms with Crippen LogP contribution in [0.1, 0.15) is 22.3 Å². The van der Waals surface area contributed by atoms with Gasteiger partial charge in [-0.25, -0.2) is 0 Å². The molecule has 11 aromatic carbocycles. The van der Waals surface area contributed by atoms with Gasteiger partial charge in [-0.2, -0.15) is 0 Å². The van der Waals surface area contributed by atoms with Crippen LogP contribution in [0.4, 0.5) is 17.1 Å². The molecule has 70 heavy (non-hydrogen) atoms. The van der Waals surface area contributed by atoms with E-state index < -0.39 is 5.41 Å². The summed E-state index contributed by atoms with van der Waals surface area (Å²) in [5.41, 5.74) is 22.9. The van der Waals surface area contributed by atoms with Crippen LogP contribution >= 0.6 is 0 Å². The molecule has 1 aliphatic carbocycles. The number of anilines is 3. The summed E-state index contributed by atoms with van der Waals surface area (Å²) in [6.45, 7) is 0. The summed E-state index contributed by atoms with van der Waals surface area (Å²) < 4.78 is 8.75. The normalized spacial score (nSPS) is 14.3. The van der Waals surface area contributed by atoms with E-state index in [4.69, 9.17) is 4.42 Å². The van der Waals surface area contributed by atoms with E-state index in [0.29, 0.717) is 0 Å². The fourth-order valence-corrected chi connectivity index (χ4v) is 12.3. The van der Waals surface area contributed by atoms with Crippen LogP contribution < -0.4 is 4.90 Å². The number of nitrogens with zero attached hydrogens (tertiary/aromatic N) is 2. The quantitative estimate of drug-likeness (QED) is 0.166. The molecule has 3 heteroatoms. The molecule has 0 saturated carbocycles. The Labute approximate surface area is 405 Å². The third kappa shape index (κ3) is 5.40. The van der Waals surface area contributed by atoms with Crippen molar-refractivity contribution in [3.8, 4) is 50.2 Å². The Kier molecular flexibility index (Phi) is 8.28. The predicted octanol–water partition coefficient (Wildman–Crippen LogP) is 17.8. The number of para-hydroxylation sites is 5. The maximum absolute atomic E-state index is 6.23. The van der Waals surface area contributed by atoms with Gasteiger partial charge in [0, 0.05) is 38.4 Å². The van der Waals surface area contributed by atoms with Crippen LogP contribution in [0.2, 0.25) is 0 Å². The van der Waals surface area contributed by atoms with Gasteiger partial charge >= 0.3 is 0 Å². The molecule has 2 aliphatic rings. The third-order valence-electron chi connectivity index (χ3n) is 15.2. The van der Waals surface area contributed by atoms with Crippen molar-refractivity contribution in [2.75, 3.05) is 4.90 Å². The first-order valence-electron chi connectivity index (χ1n) is 24.2. The molecule has 13 aromatic rings. The van der Waals surface area contributed by atoms with E-state index in [2.05, 4.69) is 252 Å². The summed E-state index contributed by atoms with van der Waals surface area (Å²) >= 11 is 0. The van der Waals surface area contributed by atoms with Crippen LogP contribution in [0.3, 0.4) is 0 Å². The zero-order valence-electron chi connectivity index (χ0n) is 38.1. The molecular weight excluding hydrogens is 849 g/mol. The van der Waals surface area contributed by atoms with Gasteiger partial charge in [0.1, 0.15) is 11.2 Å². The van der Waals surface area contributed by atoms with Crippen molar-refractivity contribution in [1.29, 1.82) is 0 Å². The molecule has 0 saturated heterocycles. The van der Waals surface area contributed by atoms with Gasteiger partial charge in [0.25, 0.3) is 0 Å². The zero-order valence-corrected chi connectivity index (χ0v) is 38.1. The highest BCUT2D eigenvalue weighted by Crippen LogP contribution is 2.63. The van der Waals surface area contributed by atoms with Gasteiger partial charge in [-0.15, -0.1) is 0 Å². The van der Waals surface area contributed by atoms with Crippen LogP contribution in [0, 0.1) is 0 Å². The minimum atomic E-state index is -0.586. The van der Waals surface area contributed by atoms with Crippen molar-refractivity contribution in [3.05, 3.63) is 277 Å². The summed E-state index contributed by atoms with van der Waals surface area (Å²) in [4.78, 5) is 2.52. The molecule has 0 amide bonds. The van der Waals surface area contributed by atoms with Gasteiger partial charge in [-0.1, -0.05) is 194 Å². The van der Waals surface area contributed by atoms with E-state index in [0.717, 1.165) is 61.3 Å². The molecule has 2 aromatic heterocycles. The second-order valence-corrected chi connectivity index (χ2v) is 18.7. The number of furan rings is 1. The van der Waals surface area contributed by atoms with Crippen LogP contribution in [0.5, 0.6) is 0 Å². The first-order valence-corrected chi connectivity index (χ1v) is 24.2. The lowest BCUT2D eigenvalue weighted by atomic mass is 9.65. The summed E-state index contributed by atoms with van der Waals surface area (Å²) in [5.74, 6) is 0. The molecule has 3 heterocycles. The summed E-state index contributed by atoms with van der Waals surface area (Å²) in [5, 5.41) is 4.80. The third-order valence-corrected chi connectivity index (χ3v) is 15.2. The first kappa shape index (κ1) is 38.9. The Balaban J connectivity index is 0.986. The highest BCUT2D eigenvalue weighted by molar-refractivity contribution is 6.13. The maximum Gasteiger partial charge on any atom is 0.135 e. The molecule has 0 radical (unpaired) electrons. The lowest BCUT2D eigenvalue weighted by Crippen LogP contribution is -2.33. The van der Waals surface area contributed by atoms with Crippen molar-refractivity contribution in [3.63, 3.8) is 0 Å². The maximum atomic E-state index is 6.23. The summed E-state index contributed by atoms with van der Waals surface area (Å²) in [7, 11) is 0. The van der Waals surface area contributed by atoms with Crippen LogP contribution in [-0.4, -0.2) is 4.57 Å². The molecule has 1 spiro atoms. The lowest BCUT2D eigenvalue weighted by molar-refractivity contribution is 0.669. The van der Waals surface area contributed by atoms with Crippen LogP contribution in [0.15, 0.2) is 259 Å². The van der Waals surface area contributed by atoms with Crippen molar-refractivity contribution in [1.82, 2.24) is 4.57 Å². The fourth-order valence-electron chi connectivity index (χ4n) is 12.3. The van der Waals surface area contributed by atoms with E-state index in [1.807, 2.05) is 12.1 Å². The molecule has 3 nitrogen and oxygen atoms in total. The van der Waals surface area contributed by atoms with Gasteiger partial charge < -0.3 is 13.9 Å². The Bertz CT molecular complexity index is 4250. The van der Waals surface area contributed by atoms with Crippen LogP contribution in [0.25, 0.3) is 93.9 Å². The number of aromatic nitrogens is 1. The van der Waals surface area contributed by atoms with Crippen LogP contribution in [-0.2, 0) is 5.41 Å². The molecule has 0 fully saturated rings. The predicted molar refractivity (Wildman–Crippen MR) is 290 cm³/mol. The average molecular weight is 891 g/mol. The second-order valence-electron chi connectivity index (χ2n) is 18.7. The Hall–Kier alpha value is -9.18. The largest absolute Gasteiger partial charge is 0.456 e. The molecule has 326 valence electrons. The topological polar surface area (TPSA) is 21.3 Å². The molecule has 1 aliphatic heterocycles. The van der Waals surface area contributed by atoms with E-state index in [-0.39, 0.29) is 0 Å². The highest BCUT2D eigenvalue weighted by Gasteiger charge is 2.51. The molecule has 0 N–H and O–H groups in total. The number of fused-ring (bicyclic) bond motifs is 15. The molecule has 1 atom stereocenters. The van der Waals surface area contributed by atoms with Crippen molar-refractivity contribution in [2.24, 2.45) is 0 Å². The lowest BCUT2D eigenvalue weighted by Gasteiger charge is -2.39. The van der Waals surface area contributed by atoms with Gasteiger partial charge in [-0.05, 0) is 116 Å². The molecular formula is C67H42N2O. The molecule has 0 bridgehead atoms. The van der Waals surface area contributed by atoms with Gasteiger partial charge in [0.2, 0.25) is 0 Å². The van der Waals surface area contributed by atoms with Crippen molar-refractivity contribution < 1.29 is 4.42 Å². The van der Waals surface area contributed by atoms with Gasteiger partial charge in [0.05, 0.1) is 33.5 Å². The van der Waals surface area contributed by atoms with E-state index in [9.17, 15) is 0 Å². The average Bonchev–Trinajstić information content (AvgIpc) is 4.08. The zero-order chi connectivity index (χ0) is 45.9. The van der Waals surface area contributed by atoms with Crippen molar-refractivity contribution >= 4 is 60.8 Å². The van der Waals surface area contributed by atoms with E-state index in [1.54, 1.807) is 0 Å². The number of rotatable bonds is 6. The fraction of sp³-hybridized carbons (Fsp3) is 0.0149. The SMILES string of the molecule is c1ccc(-c2cccc(-c3ccccc3N(c3ccc(-c4ccc5oc6ccccc6c5c4)cc3)c3cccc4c3-c3ccccc3C43c4ccccc4-n4c5ccccc5c5cccc3c54)c2)cc1. The first-order chi connectivity index (χ1) is 34.7. The Morgan fingerprint density at radius 2 is 0.929 bits per heavy atom. The van der Waals surface area contributed by atoms with Crippen molar-refractivity contribution in [2.45, 2.75) is 5.41 Å².